The molecule has 0 aliphatic carbocycles. The van der Waals surface area contributed by atoms with Crippen LogP contribution in [0.2, 0.25) is 10.0 Å². The predicted octanol–water partition coefficient (Wildman–Crippen LogP) is 3.91. The zero-order valence-electron chi connectivity index (χ0n) is 13.5. The Morgan fingerprint density at radius 1 is 1.40 bits per heavy atom. The monoisotopic (exact) mass is 379 g/mol. The van der Waals surface area contributed by atoms with Crippen LogP contribution >= 0.6 is 23.2 Å². The summed E-state index contributed by atoms with van der Waals surface area (Å²) in [6, 6.07) is 4.39. The molecule has 2 aromatic rings. The van der Waals surface area contributed by atoms with Gasteiger partial charge in [-0.25, -0.2) is 9.78 Å². The van der Waals surface area contributed by atoms with Gasteiger partial charge < -0.3 is 14.5 Å². The smallest absolute Gasteiger partial charge is 0.338 e. The lowest BCUT2D eigenvalue weighted by Gasteiger charge is -2.25. The van der Waals surface area contributed by atoms with E-state index in [0.29, 0.717) is 38.6 Å². The number of halogens is 2. The van der Waals surface area contributed by atoms with Crippen LogP contribution in [-0.2, 0) is 9.53 Å². The summed E-state index contributed by atoms with van der Waals surface area (Å²) in [4.78, 5) is 21.1. The van der Waals surface area contributed by atoms with Gasteiger partial charge in [0.2, 0.25) is 0 Å². The Kier molecular flexibility index (Phi) is 5.11. The van der Waals surface area contributed by atoms with Gasteiger partial charge in [0.05, 0.1) is 18.4 Å². The highest BCUT2D eigenvalue weighted by Gasteiger charge is 2.32. The van der Waals surface area contributed by atoms with E-state index in [0.717, 1.165) is 0 Å². The minimum Gasteiger partial charge on any atom is -0.463 e. The lowest BCUT2D eigenvalue weighted by molar-refractivity contribution is -0.138. The van der Waals surface area contributed by atoms with Gasteiger partial charge >= 0.3 is 5.97 Å². The minimum atomic E-state index is -0.660. The summed E-state index contributed by atoms with van der Waals surface area (Å²) >= 11 is 12.3. The van der Waals surface area contributed by atoms with Crippen LogP contribution in [0.4, 0.5) is 0 Å². The molecular formula is C17H15Cl2N3O3. The van der Waals surface area contributed by atoms with Crippen molar-refractivity contribution in [1.29, 1.82) is 0 Å². The van der Waals surface area contributed by atoms with Crippen molar-refractivity contribution in [3.8, 4) is 0 Å². The molecule has 0 spiro atoms. The van der Waals surface area contributed by atoms with Gasteiger partial charge in [-0.3, -0.25) is 4.99 Å². The normalized spacial score (nSPS) is 17.1. The Balaban J connectivity index is 2.11. The number of carbonyl (C=O) groups is 1. The first-order chi connectivity index (χ1) is 12.0. The maximum Gasteiger partial charge on any atom is 0.338 e. The number of benzene rings is 1. The number of amidine groups is 1. The quantitative estimate of drug-likeness (QED) is 0.814. The molecular weight excluding hydrogens is 365 g/mol. The van der Waals surface area contributed by atoms with Gasteiger partial charge in [0.1, 0.15) is 12.3 Å². The summed E-state index contributed by atoms with van der Waals surface area (Å²) in [7, 11) is 0. The third-order valence-corrected chi connectivity index (χ3v) is 4.19. The fraction of sp³-hybridized carbons (Fsp3) is 0.235. The number of nitrogens with one attached hydrogen (secondary N) is 1. The van der Waals surface area contributed by atoms with E-state index in [1.54, 1.807) is 32.0 Å². The molecule has 8 heteroatoms. The number of carbonyl (C=O) groups excluding carboxylic acids is 1. The molecule has 0 saturated carbocycles. The standard InChI is InChI=1S/C17H15Cl2N3O3/c1-3-24-17(23)13-9(2)21-15(16-20-6-7-25-16)22-14(13)11-5-4-10(18)8-12(11)19/h4-8,14H,3H2,1-2H3,(H,21,22). The lowest BCUT2D eigenvalue weighted by atomic mass is 9.96. The second kappa shape index (κ2) is 7.29. The summed E-state index contributed by atoms with van der Waals surface area (Å²) in [6.45, 7) is 3.77. The van der Waals surface area contributed by atoms with Crippen molar-refractivity contribution in [2.24, 2.45) is 4.99 Å². The Morgan fingerprint density at radius 2 is 2.20 bits per heavy atom. The molecule has 2 heterocycles. The molecule has 0 saturated heterocycles. The lowest BCUT2D eigenvalue weighted by Crippen LogP contribution is -2.33. The second-order valence-corrected chi connectivity index (χ2v) is 6.11. The Bertz CT molecular complexity index is 860. The van der Waals surface area contributed by atoms with E-state index in [9.17, 15) is 4.79 Å². The summed E-state index contributed by atoms with van der Waals surface area (Å²) in [5.41, 5.74) is 1.61. The molecule has 1 aromatic carbocycles. The van der Waals surface area contributed by atoms with Crippen LogP contribution in [0.1, 0.15) is 31.3 Å². The Morgan fingerprint density at radius 3 is 2.84 bits per heavy atom. The van der Waals surface area contributed by atoms with E-state index < -0.39 is 12.0 Å². The number of oxazole rings is 1. The molecule has 25 heavy (non-hydrogen) atoms. The number of esters is 1. The van der Waals surface area contributed by atoms with Crippen molar-refractivity contribution in [2.75, 3.05) is 6.61 Å². The van der Waals surface area contributed by atoms with Gasteiger partial charge in [0, 0.05) is 21.3 Å². The van der Waals surface area contributed by atoms with Gasteiger partial charge in [0.15, 0.2) is 5.84 Å². The van der Waals surface area contributed by atoms with Crippen molar-refractivity contribution in [2.45, 2.75) is 19.9 Å². The molecule has 0 amide bonds. The molecule has 6 nitrogen and oxygen atoms in total. The molecule has 0 fully saturated rings. The van der Waals surface area contributed by atoms with Crippen LogP contribution in [-0.4, -0.2) is 23.4 Å². The summed E-state index contributed by atoms with van der Waals surface area (Å²) < 4.78 is 10.5. The number of hydrogen-bond acceptors (Lipinski definition) is 6. The zero-order valence-corrected chi connectivity index (χ0v) is 15.1. The molecule has 1 unspecified atom stereocenters. The topological polar surface area (TPSA) is 76.7 Å². The number of aromatic nitrogens is 1. The fourth-order valence-corrected chi connectivity index (χ4v) is 3.06. The molecule has 0 radical (unpaired) electrons. The van der Waals surface area contributed by atoms with E-state index in [1.165, 1.54) is 12.5 Å². The number of ether oxygens (including phenoxy) is 1. The third kappa shape index (κ3) is 3.55. The molecule has 1 atom stereocenters. The first-order valence-electron chi connectivity index (χ1n) is 7.58. The van der Waals surface area contributed by atoms with Crippen molar-refractivity contribution < 1.29 is 13.9 Å². The molecule has 1 aliphatic rings. The molecule has 1 aliphatic heterocycles. The van der Waals surface area contributed by atoms with E-state index in [1.807, 2.05) is 0 Å². The maximum atomic E-state index is 12.5. The van der Waals surface area contributed by atoms with E-state index >= 15 is 0 Å². The Hall–Kier alpha value is -2.31. The van der Waals surface area contributed by atoms with Crippen molar-refractivity contribution in [3.05, 3.63) is 63.4 Å². The Labute approximate surface area is 154 Å². The average molecular weight is 380 g/mol. The van der Waals surface area contributed by atoms with Gasteiger partial charge in [-0.05, 0) is 26.0 Å². The number of rotatable bonds is 4. The number of aliphatic imine (C=N–C) groups is 1. The first kappa shape index (κ1) is 17.5. The van der Waals surface area contributed by atoms with Crippen molar-refractivity contribution >= 4 is 35.0 Å². The van der Waals surface area contributed by atoms with Gasteiger partial charge in [0.25, 0.3) is 5.89 Å². The maximum absolute atomic E-state index is 12.5. The van der Waals surface area contributed by atoms with Crippen LogP contribution in [0.3, 0.4) is 0 Å². The average Bonchev–Trinajstić information content (AvgIpc) is 3.08. The molecule has 130 valence electrons. The first-order valence-corrected chi connectivity index (χ1v) is 8.34. The summed E-state index contributed by atoms with van der Waals surface area (Å²) in [6.07, 6.45) is 2.97. The van der Waals surface area contributed by atoms with Crippen LogP contribution in [0.25, 0.3) is 0 Å². The third-order valence-electron chi connectivity index (χ3n) is 3.63. The zero-order chi connectivity index (χ0) is 18.0. The van der Waals surface area contributed by atoms with E-state index in [-0.39, 0.29) is 6.61 Å². The molecule has 3 rings (SSSR count). The summed E-state index contributed by atoms with van der Waals surface area (Å²) in [5, 5.41) is 3.95. The number of allylic oxidation sites excluding steroid dienone is 1. The number of nitrogens with zero attached hydrogens (tertiary/aromatic N) is 2. The highest BCUT2D eigenvalue weighted by molar-refractivity contribution is 6.35. The predicted molar refractivity (Wildman–Crippen MR) is 94.7 cm³/mol. The molecule has 1 N–H and O–H groups in total. The highest BCUT2D eigenvalue weighted by atomic mass is 35.5. The fourth-order valence-electron chi connectivity index (χ4n) is 2.55. The number of hydrogen-bond donors (Lipinski definition) is 1. The highest BCUT2D eigenvalue weighted by Crippen LogP contribution is 2.36. The van der Waals surface area contributed by atoms with Crippen molar-refractivity contribution in [1.82, 2.24) is 10.3 Å². The van der Waals surface area contributed by atoms with Gasteiger partial charge in [-0.1, -0.05) is 29.3 Å². The van der Waals surface area contributed by atoms with Crippen molar-refractivity contribution in [3.63, 3.8) is 0 Å². The van der Waals surface area contributed by atoms with Crippen LogP contribution in [0, 0.1) is 0 Å². The van der Waals surface area contributed by atoms with Crippen LogP contribution < -0.4 is 5.32 Å². The van der Waals surface area contributed by atoms with Crippen LogP contribution in [0.5, 0.6) is 0 Å². The summed E-state index contributed by atoms with van der Waals surface area (Å²) in [5.74, 6) is 0.266. The largest absolute Gasteiger partial charge is 0.463 e. The second-order valence-electron chi connectivity index (χ2n) is 5.27. The minimum absolute atomic E-state index is 0.257. The van der Waals surface area contributed by atoms with Gasteiger partial charge in [-0.2, -0.15) is 0 Å². The van der Waals surface area contributed by atoms with Crippen LogP contribution in [0.15, 0.2) is 51.3 Å². The SMILES string of the molecule is CCOC(=O)C1=C(C)NC(c2ncco2)=NC1c1ccc(Cl)cc1Cl. The van der Waals surface area contributed by atoms with Gasteiger partial charge in [-0.15, -0.1) is 0 Å². The molecule has 1 aromatic heterocycles. The van der Waals surface area contributed by atoms with E-state index in [4.69, 9.17) is 32.4 Å². The van der Waals surface area contributed by atoms with E-state index in [2.05, 4.69) is 15.3 Å². The molecule has 0 bridgehead atoms.